The van der Waals surface area contributed by atoms with Gasteiger partial charge >= 0.3 is 5.97 Å². The van der Waals surface area contributed by atoms with E-state index < -0.39 is 5.79 Å². The monoisotopic (exact) mass is 252 g/mol. The van der Waals surface area contributed by atoms with Crippen molar-refractivity contribution in [3.8, 4) is 0 Å². The van der Waals surface area contributed by atoms with Crippen LogP contribution in [0.15, 0.2) is 0 Å². The fourth-order valence-corrected chi connectivity index (χ4v) is 3.79. The molecule has 1 spiro atoms. The molecule has 18 heavy (non-hydrogen) atoms. The van der Waals surface area contributed by atoms with Gasteiger partial charge in [-0.05, 0) is 25.2 Å². The highest BCUT2D eigenvalue weighted by Crippen LogP contribution is 2.61. The topological polar surface area (TPSA) is 35.5 Å². The van der Waals surface area contributed by atoms with Crippen molar-refractivity contribution < 1.29 is 14.3 Å². The first-order valence-electron chi connectivity index (χ1n) is 7.21. The molecule has 0 amide bonds. The minimum atomic E-state index is -0.781. The van der Waals surface area contributed by atoms with E-state index in [9.17, 15) is 4.79 Å². The number of esters is 1. The molecule has 3 fully saturated rings. The van der Waals surface area contributed by atoms with Gasteiger partial charge in [-0.3, -0.25) is 4.79 Å². The zero-order chi connectivity index (χ0) is 13.2. The normalized spacial score (nSPS) is 47.7. The van der Waals surface area contributed by atoms with Crippen LogP contribution in [-0.2, 0) is 14.3 Å². The molecule has 1 aliphatic heterocycles. The van der Waals surface area contributed by atoms with Gasteiger partial charge in [-0.25, -0.2) is 0 Å². The van der Waals surface area contributed by atoms with Crippen molar-refractivity contribution in [2.24, 2.45) is 17.3 Å². The van der Waals surface area contributed by atoms with Gasteiger partial charge in [-0.15, -0.1) is 0 Å². The maximum Gasteiger partial charge on any atom is 0.314 e. The average molecular weight is 252 g/mol. The van der Waals surface area contributed by atoms with Crippen LogP contribution in [-0.4, -0.2) is 17.4 Å². The van der Waals surface area contributed by atoms with Gasteiger partial charge in [0.05, 0.1) is 11.5 Å². The van der Waals surface area contributed by atoms with Crippen molar-refractivity contribution in [2.75, 3.05) is 0 Å². The maximum atomic E-state index is 12.3. The Bertz CT molecular complexity index is 384. The van der Waals surface area contributed by atoms with Gasteiger partial charge < -0.3 is 9.47 Å². The van der Waals surface area contributed by atoms with Gasteiger partial charge in [0, 0.05) is 12.3 Å². The van der Waals surface area contributed by atoms with Gasteiger partial charge in [0.25, 0.3) is 0 Å². The third-order valence-corrected chi connectivity index (χ3v) is 5.50. The Kier molecular flexibility index (Phi) is 2.42. The average Bonchev–Trinajstić information content (AvgIpc) is 2.19. The molecule has 2 saturated carbocycles. The Balaban J connectivity index is 1.94. The van der Waals surface area contributed by atoms with Gasteiger partial charge in [-0.1, -0.05) is 33.6 Å². The lowest BCUT2D eigenvalue weighted by atomic mass is 9.54. The van der Waals surface area contributed by atoms with Gasteiger partial charge in [0.2, 0.25) is 5.79 Å². The van der Waals surface area contributed by atoms with Crippen molar-refractivity contribution in [1.82, 2.24) is 0 Å². The van der Waals surface area contributed by atoms with Crippen LogP contribution in [0, 0.1) is 17.3 Å². The van der Waals surface area contributed by atoms with Gasteiger partial charge in [0.15, 0.2) is 0 Å². The molecule has 1 heterocycles. The zero-order valence-corrected chi connectivity index (χ0v) is 11.9. The van der Waals surface area contributed by atoms with E-state index in [0.717, 1.165) is 12.8 Å². The number of hydrogen-bond acceptors (Lipinski definition) is 3. The van der Waals surface area contributed by atoms with E-state index in [1.165, 1.54) is 19.3 Å². The van der Waals surface area contributed by atoms with Crippen LogP contribution in [0.1, 0.15) is 59.8 Å². The summed E-state index contributed by atoms with van der Waals surface area (Å²) in [4.78, 5) is 12.3. The number of cyclic esters (lactones) is 1. The molecule has 3 rings (SSSR count). The highest BCUT2D eigenvalue weighted by Gasteiger charge is 2.67. The molecular weight excluding hydrogens is 228 g/mol. The van der Waals surface area contributed by atoms with Crippen molar-refractivity contribution in [2.45, 2.75) is 71.2 Å². The van der Waals surface area contributed by atoms with Crippen LogP contribution in [0.3, 0.4) is 0 Å². The summed E-state index contributed by atoms with van der Waals surface area (Å²) >= 11 is 0. The molecule has 3 heteroatoms. The zero-order valence-electron chi connectivity index (χ0n) is 11.9. The summed E-state index contributed by atoms with van der Waals surface area (Å²) in [6.07, 6.45) is 5.68. The van der Waals surface area contributed by atoms with Crippen molar-refractivity contribution >= 4 is 5.97 Å². The molecule has 1 saturated heterocycles. The maximum absolute atomic E-state index is 12.3. The molecular formula is C15H24O3. The number of hydrogen-bond donors (Lipinski definition) is 0. The molecule has 0 aromatic carbocycles. The first-order valence-corrected chi connectivity index (χ1v) is 7.21. The smallest absolute Gasteiger partial charge is 0.314 e. The van der Waals surface area contributed by atoms with Crippen LogP contribution in [0.2, 0.25) is 0 Å². The molecule has 0 unspecified atom stereocenters. The third-order valence-electron chi connectivity index (χ3n) is 5.50. The second-order valence-corrected chi connectivity index (χ2v) is 7.40. The summed E-state index contributed by atoms with van der Waals surface area (Å²) in [5.41, 5.74) is -0.393. The molecule has 4 atom stereocenters. The largest absolute Gasteiger partial charge is 0.432 e. The third kappa shape index (κ3) is 1.43. The highest BCUT2D eigenvalue weighted by molar-refractivity contribution is 5.77. The molecule has 0 N–H and O–H groups in total. The minimum absolute atomic E-state index is 0.00164. The first kappa shape index (κ1) is 12.5. The summed E-state index contributed by atoms with van der Waals surface area (Å²) in [5, 5.41) is 0. The van der Waals surface area contributed by atoms with Crippen molar-refractivity contribution in [1.29, 1.82) is 0 Å². The van der Waals surface area contributed by atoms with Gasteiger partial charge in [0.1, 0.15) is 0 Å². The Morgan fingerprint density at radius 3 is 2.61 bits per heavy atom. The molecule has 3 nitrogen and oxygen atoms in total. The van der Waals surface area contributed by atoms with Crippen LogP contribution < -0.4 is 0 Å². The molecule has 0 radical (unpaired) electrons. The van der Waals surface area contributed by atoms with E-state index in [0.29, 0.717) is 5.92 Å². The van der Waals surface area contributed by atoms with Crippen LogP contribution in [0.25, 0.3) is 0 Å². The fraction of sp³-hybridized carbons (Fsp3) is 0.933. The summed E-state index contributed by atoms with van der Waals surface area (Å²) in [6, 6.07) is 0. The summed E-state index contributed by atoms with van der Waals surface area (Å²) < 4.78 is 12.1. The summed E-state index contributed by atoms with van der Waals surface area (Å²) in [6.45, 7) is 8.16. The minimum Gasteiger partial charge on any atom is -0.432 e. The SMILES string of the molecule is CC(C)(C)[C@]1(C)OC(=O)[C@@H]2C[C@H]3CCCC[C@]32O1. The van der Waals surface area contributed by atoms with Crippen LogP contribution >= 0.6 is 0 Å². The Hall–Kier alpha value is -0.570. The highest BCUT2D eigenvalue weighted by atomic mass is 16.7. The first-order chi connectivity index (χ1) is 8.29. The fourth-order valence-electron chi connectivity index (χ4n) is 3.79. The Morgan fingerprint density at radius 1 is 1.28 bits per heavy atom. The second kappa shape index (κ2) is 3.50. The predicted octanol–water partition coefficient (Wildman–Crippen LogP) is 3.27. The van der Waals surface area contributed by atoms with Crippen molar-refractivity contribution in [3.05, 3.63) is 0 Å². The number of rotatable bonds is 0. The molecule has 2 aliphatic carbocycles. The standard InChI is InChI=1S/C15H24O3/c1-13(2,3)14(4)17-12(16)11-9-10-7-5-6-8-15(10,11)18-14/h10-11H,5-9H2,1-4H3/t10-,11+,14-,15+/m1/s1. The number of carbonyl (C=O) groups is 1. The van der Waals surface area contributed by atoms with E-state index in [-0.39, 0.29) is 22.9 Å². The van der Waals surface area contributed by atoms with Crippen LogP contribution in [0.4, 0.5) is 0 Å². The molecule has 0 aromatic heterocycles. The number of carbonyl (C=O) groups excluding carboxylic acids is 1. The summed E-state index contributed by atoms with van der Waals surface area (Å²) in [7, 11) is 0. The lowest BCUT2D eigenvalue weighted by molar-refractivity contribution is -0.386. The van der Waals surface area contributed by atoms with E-state index in [4.69, 9.17) is 9.47 Å². The molecule has 0 aromatic rings. The van der Waals surface area contributed by atoms with E-state index >= 15 is 0 Å². The Labute approximate surface area is 109 Å². The lowest BCUT2D eigenvalue weighted by Crippen LogP contribution is -2.71. The van der Waals surface area contributed by atoms with E-state index in [1.807, 2.05) is 6.92 Å². The quantitative estimate of drug-likeness (QED) is 0.621. The molecule has 0 bridgehead atoms. The Morgan fingerprint density at radius 2 is 2.00 bits per heavy atom. The number of ether oxygens (including phenoxy) is 2. The van der Waals surface area contributed by atoms with Crippen molar-refractivity contribution in [3.63, 3.8) is 0 Å². The molecule has 102 valence electrons. The summed E-state index contributed by atoms with van der Waals surface area (Å²) in [5.74, 6) is -0.239. The predicted molar refractivity (Wildman–Crippen MR) is 67.8 cm³/mol. The second-order valence-electron chi connectivity index (χ2n) is 7.40. The lowest BCUT2D eigenvalue weighted by Gasteiger charge is -2.64. The van der Waals surface area contributed by atoms with Gasteiger partial charge in [-0.2, -0.15) is 0 Å². The van der Waals surface area contributed by atoms with Crippen LogP contribution in [0.5, 0.6) is 0 Å². The molecule has 3 aliphatic rings. The van der Waals surface area contributed by atoms with E-state index in [1.54, 1.807) is 0 Å². The van der Waals surface area contributed by atoms with E-state index in [2.05, 4.69) is 20.8 Å².